The van der Waals surface area contributed by atoms with Gasteiger partial charge in [-0.2, -0.15) is 0 Å². The fourth-order valence-electron chi connectivity index (χ4n) is 2.27. The number of hydrogen-bond acceptors (Lipinski definition) is 4. The van der Waals surface area contributed by atoms with Crippen molar-refractivity contribution in [2.45, 2.75) is 18.9 Å². The molecule has 1 saturated heterocycles. The van der Waals surface area contributed by atoms with E-state index in [4.69, 9.17) is 9.47 Å². The summed E-state index contributed by atoms with van der Waals surface area (Å²) in [5.41, 5.74) is 0.947. The van der Waals surface area contributed by atoms with Crippen LogP contribution in [0.1, 0.15) is 12.0 Å². The number of nitrogens with one attached hydrogen (secondary N) is 1. The average Bonchev–Trinajstić information content (AvgIpc) is 3.00. The van der Waals surface area contributed by atoms with Crippen LogP contribution in [-0.4, -0.2) is 38.2 Å². The summed E-state index contributed by atoms with van der Waals surface area (Å²) < 4.78 is 10.9. The van der Waals surface area contributed by atoms with Crippen LogP contribution < -0.4 is 5.32 Å². The number of methoxy groups -OCH3 is 1. The number of halogens is 1. The zero-order chi connectivity index (χ0) is 15.2. The molecule has 1 N–H and O–H groups in total. The Labute approximate surface area is 132 Å². The summed E-state index contributed by atoms with van der Waals surface area (Å²) in [7, 11) is 1.32. The van der Waals surface area contributed by atoms with E-state index in [2.05, 4.69) is 21.2 Å². The van der Waals surface area contributed by atoms with Crippen LogP contribution in [0.4, 0.5) is 0 Å². The fraction of sp³-hybridized carbons (Fsp3) is 0.467. The largest absolute Gasteiger partial charge is 0.467 e. The number of carbonyl (C=O) groups excluding carboxylic acids is 2. The standard InChI is InChI=1S/C15H18BrNO4/c1-20-15(19)13(8-10-3-2-4-12(16)7-10)17-14(18)11-5-6-21-9-11/h2-4,7,11,13H,5-6,8-9H2,1H3,(H,17,18)/t11-,13+/m1/s1. The SMILES string of the molecule is COC(=O)[C@H](Cc1cccc(Br)c1)NC(=O)[C@@H]1CCOC1. The summed E-state index contributed by atoms with van der Waals surface area (Å²) in [5, 5.41) is 2.77. The van der Waals surface area contributed by atoms with Crippen LogP contribution in [0.5, 0.6) is 0 Å². The molecule has 1 aromatic carbocycles. The second-order valence-corrected chi connectivity index (χ2v) is 5.89. The van der Waals surface area contributed by atoms with Gasteiger partial charge in [0.15, 0.2) is 0 Å². The Morgan fingerprint density at radius 2 is 2.33 bits per heavy atom. The number of hydrogen-bond donors (Lipinski definition) is 1. The van der Waals surface area contributed by atoms with Gasteiger partial charge in [0.05, 0.1) is 19.6 Å². The summed E-state index contributed by atoms with van der Waals surface area (Å²) >= 11 is 3.39. The molecule has 1 heterocycles. The molecule has 1 aliphatic rings. The van der Waals surface area contributed by atoms with Crippen LogP contribution in [-0.2, 0) is 25.5 Å². The van der Waals surface area contributed by atoms with Gasteiger partial charge in [0.1, 0.15) is 6.04 Å². The molecule has 1 amide bonds. The topological polar surface area (TPSA) is 64.6 Å². The van der Waals surface area contributed by atoms with Crippen LogP contribution in [0.15, 0.2) is 28.7 Å². The highest BCUT2D eigenvalue weighted by Gasteiger charge is 2.28. The zero-order valence-electron chi connectivity index (χ0n) is 11.8. The summed E-state index contributed by atoms with van der Waals surface area (Å²) in [6.45, 7) is 1.00. The quantitative estimate of drug-likeness (QED) is 0.816. The molecule has 1 aliphatic heterocycles. The molecular formula is C15H18BrNO4. The molecule has 1 fully saturated rings. The molecule has 6 heteroatoms. The molecule has 5 nitrogen and oxygen atoms in total. The maximum atomic E-state index is 12.1. The third kappa shape index (κ3) is 4.54. The van der Waals surface area contributed by atoms with Crippen LogP contribution >= 0.6 is 15.9 Å². The predicted molar refractivity (Wildman–Crippen MR) is 80.7 cm³/mol. The molecule has 2 atom stereocenters. The van der Waals surface area contributed by atoms with Gasteiger partial charge >= 0.3 is 5.97 Å². The van der Waals surface area contributed by atoms with E-state index in [1.54, 1.807) is 0 Å². The molecule has 0 spiro atoms. The van der Waals surface area contributed by atoms with Gasteiger partial charge in [-0.3, -0.25) is 4.79 Å². The molecule has 0 unspecified atom stereocenters. The van der Waals surface area contributed by atoms with Crippen molar-refractivity contribution in [2.24, 2.45) is 5.92 Å². The minimum absolute atomic E-state index is 0.155. The Morgan fingerprint density at radius 1 is 1.52 bits per heavy atom. The first kappa shape index (κ1) is 16.0. The van der Waals surface area contributed by atoms with Crippen molar-refractivity contribution >= 4 is 27.8 Å². The first-order valence-electron chi connectivity index (χ1n) is 6.80. The van der Waals surface area contributed by atoms with Crippen molar-refractivity contribution in [3.05, 3.63) is 34.3 Å². The van der Waals surface area contributed by atoms with Crippen molar-refractivity contribution in [3.63, 3.8) is 0 Å². The van der Waals surface area contributed by atoms with Gasteiger partial charge in [-0.25, -0.2) is 4.79 Å². The molecule has 1 aromatic rings. The van der Waals surface area contributed by atoms with Gasteiger partial charge in [-0.05, 0) is 24.1 Å². The Hall–Kier alpha value is -1.40. The molecular weight excluding hydrogens is 338 g/mol. The number of esters is 1. The van der Waals surface area contributed by atoms with E-state index < -0.39 is 12.0 Å². The summed E-state index contributed by atoms with van der Waals surface area (Å²) in [5.74, 6) is -0.778. The Balaban J connectivity index is 2.03. The van der Waals surface area contributed by atoms with E-state index in [0.29, 0.717) is 26.1 Å². The maximum absolute atomic E-state index is 12.1. The lowest BCUT2D eigenvalue weighted by atomic mass is 10.0. The van der Waals surface area contributed by atoms with E-state index in [1.165, 1.54) is 7.11 Å². The number of ether oxygens (including phenoxy) is 2. The molecule has 0 bridgehead atoms. The Bertz CT molecular complexity index is 514. The average molecular weight is 356 g/mol. The van der Waals surface area contributed by atoms with Crippen LogP contribution in [0.2, 0.25) is 0 Å². The lowest BCUT2D eigenvalue weighted by Crippen LogP contribution is -2.45. The Morgan fingerprint density at radius 3 is 2.95 bits per heavy atom. The molecule has 0 radical (unpaired) electrons. The molecule has 0 aliphatic carbocycles. The van der Waals surface area contributed by atoms with E-state index in [-0.39, 0.29) is 11.8 Å². The van der Waals surface area contributed by atoms with Crippen molar-refractivity contribution < 1.29 is 19.1 Å². The zero-order valence-corrected chi connectivity index (χ0v) is 13.4. The molecule has 0 saturated carbocycles. The minimum atomic E-state index is -0.683. The van der Waals surface area contributed by atoms with E-state index >= 15 is 0 Å². The van der Waals surface area contributed by atoms with Gasteiger partial charge in [0, 0.05) is 17.5 Å². The third-order valence-corrected chi connectivity index (χ3v) is 3.92. The predicted octanol–water partition coefficient (Wildman–Crippen LogP) is 1.69. The summed E-state index contributed by atoms with van der Waals surface area (Å²) in [6, 6.07) is 6.94. The number of rotatable bonds is 5. The van der Waals surface area contributed by atoms with Gasteiger partial charge in [-0.15, -0.1) is 0 Å². The summed E-state index contributed by atoms with van der Waals surface area (Å²) in [6.07, 6.45) is 1.09. The van der Waals surface area contributed by atoms with E-state index in [9.17, 15) is 9.59 Å². The lowest BCUT2D eigenvalue weighted by Gasteiger charge is -2.18. The van der Waals surface area contributed by atoms with Crippen molar-refractivity contribution in [2.75, 3.05) is 20.3 Å². The van der Waals surface area contributed by atoms with E-state index in [0.717, 1.165) is 10.0 Å². The normalized spacial score (nSPS) is 19.0. The van der Waals surface area contributed by atoms with Crippen molar-refractivity contribution in [1.82, 2.24) is 5.32 Å². The molecule has 0 aromatic heterocycles. The highest BCUT2D eigenvalue weighted by Crippen LogP contribution is 2.15. The van der Waals surface area contributed by atoms with Crippen LogP contribution in [0, 0.1) is 5.92 Å². The second kappa shape index (κ2) is 7.56. The monoisotopic (exact) mass is 355 g/mol. The number of amides is 1. The highest BCUT2D eigenvalue weighted by atomic mass is 79.9. The minimum Gasteiger partial charge on any atom is -0.467 e. The maximum Gasteiger partial charge on any atom is 0.328 e. The van der Waals surface area contributed by atoms with Crippen LogP contribution in [0.25, 0.3) is 0 Å². The van der Waals surface area contributed by atoms with Gasteiger partial charge in [0.25, 0.3) is 0 Å². The van der Waals surface area contributed by atoms with Crippen molar-refractivity contribution in [1.29, 1.82) is 0 Å². The first-order chi connectivity index (χ1) is 10.1. The van der Waals surface area contributed by atoms with Crippen LogP contribution in [0.3, 0.4) is 0 Å². The highest BCUT2D eigenvalue weighted by molar-refractivity contribution is 9.10. The first-order valence-corrected chi connectivity index (χ1v) is 7.60. The van der Waals surface area contributed by atoms with Gasteiger partial charge in [0.2, 0.25) is 5.91 Å². The lowest BCUT2D eigenvalue weighted by molar-refractivity contribution is -0.145. The smallest absolute Gasteiger partial charge is 0.328 e. The molecule has 21 heavy (non-hydrogen) atoms. The fourth-order valence-corrected chi connectivity index (χ4v) is 2.71. The van der Waals surface area contributed by atoms with Crippen molar-refractivity contribution in [3.8, 4) is 0 Å². The summed E-state index contributed by atoms with van der Waals surface area (Å²) in [4.78, 5) is 24.0. The van der Waals surface area contributed by atoms with Gasteiger partial charge in [-0.1, -0.05) is 28.1 Å². The molecule has 2 rings (SSSR count). The Kier molecular flexibility index (Phi) is 5.76. The van der Waals surface area contributed by atoms with Gasteiger partial charge < -0.3 is 14.8 Å². The number of carbonyl (C=O) groups is 2. The third-order valence-electron chi connectivity index (χ3n) is 3.43. The number of benzene rings is 1. The second-order valence-electron chi connectivity index (χ2n) is 4.98. The van der Waals surface area contributed by atoms with E-state index in [1.807, 2.05) is 24.3 Å². The molecule has 114 valence electrons.